The van der Waals surface area contributed by atoms with Gasteiger partial charge in [-0.05, 0) is 38.0 Å². The Bertz CT molecular complexity index is 424. The summed E-state index contributed by atoms with van der Waals surface area (Å²) in [5.41, 5.74) is 3.22. The number of rotatable bonds is 5. The number of carboxylic acid groups (broad SMARTS) is 1. The highest BCUT2D eigenvalue weighted by Gasteiger charge is 2.07. The monoisotopic (exact) mass is 233 g/mol. The number of anilines is 1. The van der Waals surface area contributed by atoms with E-state index in [9.17, 15) is 4.79 Å². The molecule has 0 heterocycles. The van der Waals surface area contributed by atoms with Crippen LogP contribution in [0.25, 0.3) is 0 Å². The molecule has 0 bridgehead atoms. The molecule has 0 amide bonds. The van der Waals surface area contributed by atoms with Crippen molar-refractivity contribution in [2.45, 2.75) is 20.8 Å². The Kier molecular flexibility index (Phi) is 4.76. The van der Waals surface area contributed by atoms with Crippen molar-refractivity contribution in [2.24, 2.45) is 0 Å². The largest absolute Gasteiger partial charge is 0.478 e. The van der Waals surface area contributed by atoms with E-state index in [-0.39, 0.29) is 0 Å². The van der Waals surface area contributed by atoms with Gasteiger partial charge in [-0.2, -0.15) is 0 Å². The zero-order valence-corrected chi connectivity index (χ0v) is 10.6. The van der Waals surface area contributed by atoms with E-state index in [2.05, 4.69) is 30.9 Å². The zero-order valence-electron chi connectivity index (χ0n) is 10.6. The van der Waals surface area contributed by atoms with Gasteiger partial charge in [0.05, 0.1) is 0 Å². The van der Waals surface area contributed by atoms with Crippen LogP contribution in [0.2, 0.25) is 0 Å². The number of carbonyl (C=O) groups is 1. The standard InChI is InChI=1S/C14H19NO2/c1-4-15(10-11(2)9-14(16)17)13-8-6-5-7-12(13)3/h5-9H,4,10H2,1-3H3,(H,16,17). The molecule has 0 saturated carbocycles. The van der Waals surface area contributed by atoms with Crippen molar-refractivity contribution in [3.8, 4) is 0 Å². The van der Waals surface area contributed by atoms with Gasteiger partial charge in [0.15, 0.2) is 0 Å². The van der Waals surface area contributed by atoms with Gasteiger partial charge >= 0.3 is 5.97 Å². The van der Waals surface area contributed by atoms with E-state index in [4.69, 9.17) is 5.11 Å². The van der Waals surface area contributed by atoms with Gasteiger partial charge in [0.1, 0.15) is 0 Å². The molecule has 1 aromatic carbocycles. The summed E-state index contributed by atoms with van der Waals surface area (Å²) in [6, 6.07) is 8.13. The summed E-state index contributed by atoms with van der Waals surface area (Å²) in [6.45, 7) is 7.48. The van der Waals surface area contributed by atoms with Crippen LogP contribution in [-0.4, -0.2) is 24.2 Å². The Labute approximate surface area is 102 Å². The molecule has 0 unspecified atom stereocenters. The number of hydrogen-bond acceptors (Lipinski definition) is 2. The smallest absolute Gasteiger partial charge is 0.328 e. The maximum Gasteiger partial charge on any atom is 0.328 e. The molecule has 3 nitrogen and oxygen atoms in total. The van der Waals surface area contributed by atoms with Gasteiger partial charge in [0.25, 0.3) is 0 Å². The molecule has 0 atom stereocenters. The van der Waals surface area contributed by atoms with Crippen LogP contribution in [0.5, 0.6) is 0 Å². The molecule has 1 aromatic rings. The second-order valence-electron chi connectivity index (χ2n) is 4.13. The Morgan fingerprint density at radius 2 is 2.06 bits per heavy atom. The highest BCUT2D eigenvalue weighted by Crippen LogP contribution is 2.19. The predicted molar refractivity (Wildman–Crippen MR) is 70.5 cm³/mol. The number of aliphatic carboxylic acids is 1. The molecule has 1 rings (SSSR count). The second kappa shape index (κ2) is 6.09. The lowest BCUT2D eigenvalue weighted by molar-refractivity contribution is -0.131. The van der Waals surface area contributed by atoms with Crippen molar-refractivity contribution in [3.05, 3.63) is 41.5 Å². The van der Waals surface area contributed by atoms with Crippen molar-refractivity contribution in [3.63, 3.8) is 0 Å². The first-order chi connectivity index (χ1) is 8.04. The first-order valence-electron chi connectivity index (χ1n) is 5.75. The number of aryl methyl sites for hydroxylation is 1. The topological polar surface area (TPSA) is 40.5 Å². The van der Waals surface area contributed by atoms with E-state index < -0.39 is 5.97 Å². The normalized spacial score (nSPS) is 11.4. The van der Waals surface area contributed by atoms with Gasteiger partial charge in [-0.15, -0.1) is 0 Å². The molecule has 0 aliphatic carbocycles. The van der Waals surface area contributed by atoms with Crippen LogP contribution in [0, 0.1) is 6.92 Å². The van der Waals surface area contributed by atoms with Gasteiger partial charge < -0.3 is 10.0 Å². The minimum atomic E-state index is -0.886. The number of carboxylic acids is 1. The minimum absolute atomic E-state index is 0.646. The average molecular weight is 233 g/mol. The third kappa shape index (κ3) is 3.94. The lowest BCUT2D eigenvalue weighted by Gasteiger charge is -2.25. The van der Waals surface area contributed by atoms with Crippen molar-refractivity contribution in [1.82, 2.24) is 0 Å². The number of nitrogens with zero attached hydrogens (tertiary/aromatic N) is 1. The summed E-state index contributed by atoms with van der Waals surface area (Å²) in [5, 5.41) is 8.70. The minimum Gasteiger partial charge on any atom is -0.478 e. The zero-order chi connectivity index (χ0) is 12.8. The molecule has 0 aliphatic rings. The lowest BCUT2D eigenvalue weighted by atomic mass is 10.1. The summed E-state index contributed by atoms with van der Waals surface area (Å²) >= 11 is 0. The van der Waals surface area contributed by atoms with Gasteiger partial charge in [0.2, 0.25) is 0 Å². The second-order valence-corrected chi connectivity index (χ2v) is 4.13. The van der Waals surface area contributed by atoms with E-state index in [1.54, 1.807) is 0 Å². The van der Waals surface area contributed by atoms with Crippen LogP contribution in [0.3, 0.4) is 0 Å². The van der Waals surface area contributed by atoms with Crippen LogP contribution >= 0.6 is 0 Å². The average Bonchev–Trinajstić information content (AvgIpc) is 2.26. The Balaban J connectivity index is 2.87. The Morgan fingerprint density at radius 3 is 2.59 bits per heavy atom. The summed E-state index contributed by atoms with van der Waals surface area (Å²) in [6.07, 6.45) is 1.26. The first-order valence-corrected chi connectivity index (χ1v) is 5.75. The van der Waals surface area contributed by atoms with E-state index in [0.29, 0.717) is 6.54 Å². The van der Waals surface area contributed by atoms with Gasteiger partial charge in [-0.3, -0.25) is 0 Å². The Morgan fingerprint density at radius 1 is 1.41 bits per heavy atom. The molecule has 0 fully saturated rings. The molecule has 0 spiro atoms. The van der Waals surface area contributed by atoms with Gasteiger partial charge in [-0.1, -0.05) is 18.2 Å². The quantitative estimate of drug-likeness (QED) is 0.795. The van der Waals surface area contributed by atoms with E-state index in [1.165, 1.54) is 11.6 Å². The third-order valence-corrected chi connectivity index (χ3v) is 2.65. The molecule has 0 radical (unpaired) electrons. The number of hydrogen-bond donors (Lipinski definition) is 1. The van der Waals surface area contributed by atoms with Crippen LogP contribution in [0.1, 0.15) is 19.4 Å². The van der Waals surface area contributed by atoms with E-state index in [0.717, 1.165) is 17.8 Å². The summed E-state index contributed by atoms with van der Waals surface area (Å²) in [5.74, 6) is -0.886. The van der Waals surface area contributed by atoms with E-state index >= 15 is 0 Å². The molecule has 0 aliphatic heterocycles. The molecular formula is C14H19NO2. The first kappa shape index (κ1) is 13.3. The number of para-hydroxylation sites is 1. The SMILES string of the molecule is CCN(CC(C)=CC(=O)O)c1ccccc1C. The summed E-state index contributed by atoms with van der Waals surface area (Å²) < 4.78 is 0. The number of benzene rings is 1. The maximum atomic E-state index is 10.6. The van der Waals surface area contributed by atoms with Crippen LogP contribution in [0.4, 0.5) is 5.69 Å². The van der Waals surface area contributed by atoms with Crippen LogP contribution < -0.4 is 4.90 Å². The highest BCUT2D eigenvalue weighted by atomic mass is 16.4. The van der Waals surface area contributed by atoms with Crippen molar-refractivity contribution >= 4 is 11.7 Å². The summed E-state index contributed by atoms with van der Waals surface area (Å²) in [7, 11) is 0. The van der Waals surface area contributed by atoms with Gasteiger partial charge in [-0.25, -0.2) is 4.79 Å². The van der Waals surface area contributed by atoms with E-state index in [1.807, 2.05) is 19.1 Å². The fraction of sp³-hybridized carbons (Fsp3) is 0.357. The predicted octanol–water partition coefficient (Wildman–Crippen LogP) is 2.85. The van der Waals surface area contributed by atoms with Crippen molar-refractivity contribution in [2.75, 3.05) is 18.0 Å². The molecule has 1 N–H and O–H groups in total. The van der Waals surface area contributed by atoms with Crippen LogP contribution in [-0.2, 0) is 4.79 Å². The fourth-order valence-electron chi connectivity index (χ4n) is 1.84. The Hall–Kier alpha value is -1.77. The molecule has 0 saturated heterocycles. The molecule has 92 valence electrons. The maximum absolute atomic E-state index is 10.6. The summed E-state index contributed by atoms with van der Waals surface area (Å²) in [4.78, 5) is 12.8. The van der Waals surface area contributed by atoms with Crippen molar-refractivity contribution in [1.29, 1.82) is 0 Å². The van der Waals surface area contributed by atoms with Gasteiger partial charge in [0, 0.05) is 24.9 Å². The molecular weight excluding hydrogens is 214 g/mol. The molecule has 0 aromatic heterocycles. The third-order valence-electron chi connectivity index (χ3n) is 2.65. The van der Waals surface area contributed by atoms with Crippen LogP contribution in [0.15, 0.2) is 35.9 Å². The molecule has 17 heavy (non-hydrogen) atoms. The fourth-order valence-corrected chi connectivity index (χ4v) is 1.84. The highest BCUT2D eigenvalue weighted by molar-refractivity contribution is 5.80. The van der Waals surface area contributed by atoms with Crippen molar-refractivity contribution < 1.29 is 9.90 Å². The lowest BCUT2D eigenvalue weighted by Crippen LogP contribution is -2.25. The number of likely N-dealkylation sites (N-methyl/N-ethyl adjacent to an activating group) is 1. The molecule has 3 heteroatoms.